The van der Waals surface area contributed by atoms with Gasteiger partial charge >= 0.3 is 0 Å². The number of amides is 1. The Morgan fingerprint density at radius 2 is 1.88 bits per heavy atom. The van der Waals surface area contributed by atoms with Gasteiger partial charge in [0.1, 0.15) is 0 Å². The lowest BCUT2D eigenvalue weighted by Gasteiger charge is -2.07. The van der Waals surface area contributed by atoms with Gasteiger partial charge in [-0.3, -0.25) is 9.78 Å². The number of para-hydroxylation sites is 1. The minimum atomic E-state index is -0.170. The Balaban J connectivity index is 1.65. The zero-order valence-corrected chi connectivity index (χ0v) is 13.7. The quantitative estimate of drug-likeness (QED) is 0.600. The predicted octanol–water partition coefficient (Wildman–Crippen LogP) is 4.11. The molecule has 1 N–H and O–H groups in total. The van der Waals surface area contributed by atoms with Gasteiger partial charge in [0.05, 0.1) is 16.1 Å². The number of hydrogen-bond acceptors (Lipinski definition) is 6. The summed E-state index contributed by atoms with van der Waals surface area (Å²) in [5.41, 5.74) is 2.09. The average Bonchev–Trinajstić information content (AvgIpc) is 3.35. The lowest BCUT2D eigenvalue weighted by atomic mass is 10.1. The van der Waals surface area contributed by atoms with Crippen LogP contribution in [0, 0.1) is 0 Å². The summed E-state index contributed by atoms with van der Waals surface area (Å²) in [6, 6.07) is 14.5. The molecule has 0 aliphatic rings. The lowest BCUT2D eigenvalue weighted by molar-refractivity contribution is 0.103. The molecule has 25 heavy (non-hydrogen) atoms. The third kappa shape index (κ3) is 3.17. The van der Waals surface area contributed by atoms with E-state index in [0.717, 1.165) is 5.56 Å². The maximum atomic E-state index is 12.3. The van der Waals surface area contributed by atoms with Crippen LogP contribution in [-0.2, 0) is 0 Å². The van der Waals surface area contributed by atoms with Crippen LogP contribution in [0.5, 0.6) is 0 Å². The van der Waals surface area contributed by atoms with Gasteiger partial charge in [0, 0.05) is 18.0 Å². The Labute approximate surface area is 147 Å². The van der Waals surface area contributed by atoms with Crippen LogP contribution in [0.15, 0.2) is 70.8 Å². The zero-order chi connectivity index (χ0) is 17.1. The molecule has 0 bridgehead atoms. The van der Waals surface area contributed by atoms with Crippen molar-refractivity contribution in [2.45, 2.75) is 0 Å². The highest BCUT2D eigenvalue weighted by atomic mass is 32.1. The van der Waals surface area contributed by atoms with E-state index < -0.39 is 0 Å². The number of pyridine rings is 1. The molecule has 0 unspecified atom stereocenters. The van der Waals surface area contributed by atoms with Crippen LogP contribution >= 0.6 is 11.3 Å². The number of carbonyl (C=O) groups is 1. The molecule has 0 spiro atoms. The maximum Gasteiger partial charge on any atom is 0.265 e. The molecule has 6 nitrogen and oxygen atoms in total. The van der Waals surface area contributed by atoms with Crippen LogP contribution in [0.4, 0.5) is 5.69 Å². The van der Waals surface area contributed by atoms with Crippen molar-refractivity contribution >= 4 is 22.9 Å². The van der Waals surface area contributed by atoms with Crippen molar-refractivity contribution in [3.05, 3.63) is 71.2 Å². The number of carbonyl (C=O) groups excluding carboxylic acids is 1. The van der Waals surface area contributed by atoms with Gasteiger partial charge in [0.2, 0.25) is 5.82 Å². The van der Waals surface area contributed by atoms with Gasteiger partial charge in [-0.1, -0.05) is 23.4 Å². The fourth-order valence-corrected chi connectivity index (χ4v) is 2.94. The maximum absolute atomic E-state index is 12.3. The van der Waals surface area contributed by atoms with E-state index in [0.29, 0.717) is 27.8 Å². The first-order valence-corrected chi connectivity index (χ1v) is 8.37. The number of hydrogen-bond donors (Lipinski definition) is 1. The number of rotatable bonds is 4. The summed E-state index contributed by atoms with van der Waals surface area (Å²) >= 11 is 1.38. The minimum absolute atomic E-state index is 0.170. The summed E-state index contributed by atoms with van der Waals surface area (Å²) in [7, 11) is 0. The molecule has 1 amide bonds. The van der Waals surface area contributed by atoms with Crippen LogP contribution < -0.4 is 5.32 Å². The highest BCUT2D eigenvalue weighted by Gasteiger charge is 2.16. The molecular weight excluding hydrogens is 336 g/mol. The summed E-state index contributed by atoms with van der Waals surface area (Å²) < 4.78 is 5.39. The summed E-state index contributed by atoms with van der Waals surface area (Å²) in [6.45, 7) is 0. The van der Waals surface area contributed by atoms with Crippen molar-refractivity contribution in [2.75, 3.05) is 5.32 Å². The molecule has 0 atom stereocenters. The van der Waals surface area contributed by atoms with Crippen molar-refractivity contribution in [1.82, 2.24) is 15.1 Å². The normalized spacial score (nSPS) is 10.6. The average molecular weight is 348 g/mol. The third-order valence-electron chi connectivity index (χ3n) is 3.52. The predicted molar refractivity (Wildman–Crippen MR) is 95.2 cm³/mol. The fourth-order valence-electron chi connectivity index (χ4n) is 2.32. The van der Waals surface area contributed by atoms with Crippen LogP contribution in [0.2, 0.25) is 0 Å². The van der Waals surface area contributed by atoms with E-state index in [1.807, 2.05) is 29.6 Å². The van der Waals surface area contributed by atoms with E-state index in [1.54, 1.807) is 36.7 Å². The molecule has 4 aromatic rings. The van der Waals surface area contributed by atoms with Crippen molar-refractivity contribution in [1.29, 1.82) is 0 Å². The summed E-state index contributed by atoms with van der Waals surface area (Å²) in [4.78, 5) is 21.3. The Bertz CT molecular complexity index is 997. The van der Waals surface area contributed by atoms with Crippen LogP contribution in [0.1, 0.15) is 9.67 Å². The molecule has 4 rings (SSSR count). The monoisotopic (exact) mass is 348 g/mol. The Kier molecular flexibility index (Phi) is 4.05. The second-order valence-electron chi connectivity index (χ2n) is 5.14. The molecule has 0 saturated heterocycles. The molecule has 0 fully saturated rings. The third-order valence-corrected chi connectivity index (χ3v) is 4.38. The molecule has 122 valence electrons. The van der Waals surface area contributed by atoms with Crippen molar-refractivity contribution in [3.63, 3.8) is 0 Å². The first-order chi connectivity index (χ1) is 12.3. The molecule has 0 aliphatic heterocycles. The Morgan fingerprint density at radius 3 is 2.68 bits per heavy atom. The van der Waals surface area contributed by atoms with E-state index in [-0.39, 0.29) is 5.91 Å². The molecule has 7 heteroatoms. The van der Waals surface area contributed by atoms with Crippen LogP contribution in [0.3, 0.4) is 0 Å². The second kappa shape index (κ2) is 6.66. The molecular formula is C18H12N4O2S. The van der Waals surface area contributed by atoms with Gasteiger partial charge in [0.25, 0.3) is 11.8 Å². The molecule has 0 saturated carbocycles. The van der Waals surface area contributed by atoms with E-state index >= 15 is 0 Å². The highest BCUT2D eigenvalue weighted by molar-refractivity contribution is 7.12. The van der Waals surface area contributed by atoms with Gasteiger partial charge in [-0.05, 0) is 35.7 Å². The lowest BCUT2D eigenvalue weighted by Crippen LogP contribution is -2.10. The first kappa shape index (κ1) is 15.2. The number of nitrogens with zero attached hydrogens (tertiary/aromatic N) is 3. The molecule has 3 heterocycles. The Morgan fingerprint density at radius 1 is 1.04 bits per heavy atom. The Hall–Kier alpha value is -3.32. The second-order valence-corrected chi connectivity index (χ2v) is 6.08. The van der Waals surface area contributed by atoms with Gasteiger partial charge in [-0.2, -0.15) is 4.98 Å². The number of benzene rings is 1. The van der Waals surface area contributed by atoms with E-state index in [2.05, 4.69) is 20.4 Å². The number of aromatic nitrogens is 3. The summed E-state index contributed by atoms with van der Waals surface area (Å²) in [6.07, 6.45) is 3.33. The fraction of sp³-hybridized carbons (Fsp3) is 0. The summed E-state index contributed by atoms with van der Waals surface area (Å²) in [5.74, 6) is 0.641. The SMILES string of the molecule is O=C(Nc1ccccc1-c1nc(-c2ccncc2)no1)c1cccs1. The molecule has 0 radical (unpaired) electrons. The highest BCUT2D eigenvalue weighted by Crippen LogP contribution is 2.29. The van der Waals surface area contributed by atoms with Gasteiger partial charge < -0.3 is 9.84 Å². The van der Waals surface area contributed by atoms with Crippen LogP contribution in [-0.4, -0.2) is 21.0 Å². The number of anilines is 1. The summed E-state index contributed by atoms with van der Waals surface area (Å²) in [5, 5.41) is 8.76. The van der Waals surface area contributed by atoms with Gasteiger partial charge in [-0.15, -0.1) is 11.3 Å². The molecule has 1 aromatic carbocycles. The largest absolute Gasteiger partial charge is 0.334 e. The minimum Gasteiger partial charge on any atom is -0.334 e. The van der Waals surface area contributed by atoms with Crippen molar-refractivity contribution < 1.29 is 9.32 Å². The molecule has 3 aromatic heterocycles. The zero-order valence-electron chi connectivity index (χ0n) is 12.9. The smallest absolute Gasteiger partial charge is 0.265 e. The standard InChI is InChI=1S/C18H12N4O2S/c23-17(15-6-3-11-25-15)20-14-5-2-1-4-13(14)18-21-16(22-24-18)12-7-9-19-10-8-12/h1-11H,(H,20,23). The van der Waals surface area contributed by atoms with Crippen LogP contribution in [0.25, 0.3) is 22.8 Å². The van der Waals surface area contributed by atoms with Crippen molar-refractivity contribution in [2.24, 2.45) is 0 Å². The first-order valence-electron chi connectivity index (χ1n) is 7.49. The van der Waals surface area contributed by atoms with E-state index in [1.165, 1.54) is 11.3 Å². The topological polar surface area (TPSA) is 80.9 Å². The van der Waals surface area contributed by atoms with Crippen molar-refractivity contribution in [3.8, 4) is 22.8 Å². The van der Waals surface area contributed by atoms with Gasteiger partial charge in [-0.25, -0.2) is 0 Å². The number of thiophene rings is 1. The van der Waals surface area contributed by atoms with E-state index in [4.69, 9.17) is 4.52 Å². The number of nitrogens with one attached hydrogen (secondary N) is 1. The van der Waals surface area contributed by atoms with E-state index in [9.17, 15) is 4.79 Å². The van der Waals surface area contributed by atoms with Gasteiger partial charge in [0.15, 0.2) is 0 Å². The molecule has 0 aliphatic carbocycles.